The van der Waals surface area contributed by atoms with Crippen molar-refractivity contribution in [1.82, 2.24) is 4.90 Å². The number of amides is 1. The van der Waals surface area contributed by atoms with E-state index in [9.17, 15) is 4.79 Å². The third kappa shape index (κ3) is 4.66. The first-order valence-corrected chi connectivity index (χ1v) is 12.1. The molecule has 0 saturated heterocycles. The number of rotatable bonds is 7. The van der Waals surface area contributed by atoms with Crippen molar-refractivity contribution in [2.24, 2.45) is 4.99 Å². The summed E-state index contributed by atoms with van der Waals surface area (Å²) in [5, 5.41) is 8.94. The maximum atomic E-state index is 14.1. The fourth-order valence-electron chi connectivity index (χ4n) is 4.78. The van der Waals surface area contributed by atoms with Crippen LogP contribution in [0.4, 0.5) is 0 Å². The number of nitrogens with zero attached hydrogens (tertiary/aromatic N) is 2. The minimum atomic E-state index is -1.02. The van der Waals surface area contributed by atoms with E-state index in [-0.39, 0.29) is 12.5 Å². The van der Waals surface area contributed by atoms with Gasteiger partial charge in [0.15, 0.2) is 5.54 Å². The molecule has 0 unspecified atom stereocenters. The molecule has 6 nitrogen and oxygen atoms in total. The second-order valence-electron chi connectivity index (χ2n) is 9.14. The minimum Gasteiger partial charge on any atom is -0.494 e. The normalized spacial score (nSPS) is 21.3. The van der Waals surface area contributed by atoms with Gasteiger partial charge in [0.05, 0.1) is 6.61 Å². The Hall–Kier alpha value is -3.64. The van der Waals surface area contributed by atoms with Gasteiger partial charge in [-0.3, -0.25) is 4.79 Å². The molecule has 0 bridgehead atoms. The van der Waals surface area contributed by atoms with Gasteiger partial charge in [0.2, 0.25) is 5.90 Å². The van der Waals surface area contributed by atoms with E-state index in [4.69, 9.17) is 19.6 Å². The van der Waals surface area contributed by atoms with E-state index in [0.29, 0.717) is 38.4 Å². The lowest BCUT2D eigenvalue weighted by Crippen LogP contribution is -2.52. The van der Waals surface area contributed by atoms with Gasteiger partial charge in [0.25, 0.3) is 5.91 Å². The molecule has 0 saturated carbocycles. The molecule has 6 heteroatoms. The molecule has 35 heavy (non-hydrogen) atoms. The molecule has 0 radical (unpaired) electrons. The maximum Gasteiger partial charge on any atom is 0.255 e. The summed E-state index contributed by atoms with van der Waals surface area (Å²) in [6, 6.07) is 25.8. The van der Waals surface area contributed by atoms with Crippen molar-refractivity contribution in [3.63, 3.8) is 0 Å². The Labute approximate surface area is 205 Å². The zero-order valence-corrected chi connectivity index (χ0v) is 19.9. The Bertz CT molecular complexity index is 1210. The fraction of sp³-hybridized carbons (Fsp3) is 0.310. The molecule has 1 amide bonds. The lowest BCUT2D eigenvalue weighted by molar-refractivity contribution is -0.140. The largest absolute Gasteiger partial charge is 0.494 e. The van der Waals surface area contributed by atoms with Crippen LogP contribution in [-0.4, -0.2) is 46.7 Å². The Morgan fingerprint density at radius 2 is 1.74 bits per heavy atom. The predicted molar refractivity (Wildman–Crippen MR) is 134 cm³/mol. The Morgan fingerprint density at radius 1 is 1.03 bits per heavy atom. The van der Waals surface area contributed by atoms with Gasteiger partial charge >= 0.3 is 0 Å². The first kappa shape index (κ1) is 23.1. The van der Waals surface area contributed by atoms with Crippen LogP contribution < -0.4 is 4.74 Å². The van der Waals surface area contributed by atoms with Crippen molar-refractivity contribution in [3.05, 3.63) is 101 Å². The van der Waals surface area contributed by atoms with Crippen molar-refractivity contribution < 1.29 is 19.4 Å². The molecule has 0 aliphatic carbocycles. The zero-order valence-electron chi connectivity index (χ0n) is 19.9. The third-order valence-corrected chi connectivity index (χ3v) is 6.75. The van der Waals surface area contributed by atoms with Crippen LogP contribution in [0.3, 0.4) is 0 Å². The first-order valence-electron chi connectivity index (χ1n) is 12.1. The number of ether oxygens (including phenoxy) is 2. The highest BCUT2D eigenvalue weighted by molar-refractivity contribution is 6.01. The molecule has 1 N–H and O–H groups in total. The van der Waals surface area contributed by atoms with Crippen LogP contribution >= 0.6 is 0 Å². The number of carbonyl (C=O) groups is 1. The molecule has 2 atom stereocenters. The average Bonchev–Trinajstić information content (AvgIpc) is 3.16. The zero-order chi connectivity index (χ0) is 24.3. The molecular formula is C29H30N2O4. The first-order chi connectivity index (χ1) is 17.1. The number of aliphatic imine (C=N–C) groups is 1. The number of hydrogen-bond donors (Lipinski definition) is 1. The van der Waals surface area contributed by atoms with Gasteiger partial charge in [-0.05, 0) is 47.9 Å². The molecular weight excluding hydrogens is 440 g/mol. The van der Waals surface area contributed by atoms with E-state index in [1.807, 2.05) is 78.6 Å². The van der Waals surface area contributed by atoms with E-state index in [1.165, 1.54) is 0 Å². The molecule has 0 fully saturated rings. The topological polar surface area (TPSA) is 71.4 Å². The van der Waals surface area contributed by atoms with Crippen LogP contribution in [-0.2, 0) is 29.0 Å². The lowest BCUT2D eigenvalue weighted by Gasteiger charge is -2.31. The highest BCUT2D eigenvalue weighted by Crippen LogP contribution is 2.38. The third-order valence-electron chi connectivity index (χ3n) is 6.75. The Morgan fingerprint density at radius 3 is 2.49 bits per heavy atom. The maximum absolute atomic E-state index is 14.1. The van der Waals surface area contributed by atoms with Crippen LogP contribution in [0.2, 0.25) is 0 Å². The summed E-state index contributed by atoms with van der Waals surface area (Å²) in [6.45, 7) is 3.56. The number of fused-ring (bicyclic) bond motifs is 1. The van der Waals surface area contributed by atoms with Crippen LogP contribution in [0.25, 0.3) is 0 Å². The molecule has 3 aromatic rings. The van der Waals surface area contributed by atoms with Gasteiger partial charge in [0, 0.05) is 38.1 Å². The quantitative estimate of drug-likeness (QED) is 0.527. The van der Waals surface area contributed by atoms with E-state index >= 15 is 0 Å². The SMILES string of the molecule is C[C@H]1OC(c2ccc(OCCCO)cc2)=N[C@]12Cc1ccccc1CN(Cc1ccccc1)C2=O. The summed E-state index contributed by atoms with van der Waals surface area (Å²) in [6.07, 6.45) is 0.677. The summed E-state index contributed by atoms with van der Waals surface area (Å²) in [7, 11) is 0. The molecule has 2 heterocycles. The summed E-state index contributed by atoms with van der Waals surface area (Å²) in [4.78, 5) is 21.0. The standard InChI is InChI=1S/C29H30N2O4/c1-21-29(30-27(35-21)23-12-14-26(15-13-23)34-17-7-16-32)18-24-10-5-6-11-25(24)20-31(28(29)33)19-22-8-3-2-4-9-22/h2-6,8-15,21,32H,7,16-20H2,1H3/t21-,29-/m1/s1. The molecule has 1 spiro atoms. The summed E-state index contributed by atoms with van der Waals surface area (Å²) >= 11 is 0. The van der Waals surface area contributed by atoms with Crippen molar-refractivity contribution in [1.29, 1.82) is 0 Å². The van der Waals surface area contributed by atoms with Crippen LogP contribution in [0.5, 0.6) is 5.75 Å². The highest BCUT2D eigenvalue weighted by Gasteiger charge is 2.53. The fourth-order valence-corrected chi connectivity index (χ4v) is 4.78. The summed E-state index contributed by atoms with van der Waals surface area (Å²) in [5.41, 5.74) is 3.15. The molecule has 3 aromatic carbocycles. The Balaban J connectivity index is 1.48. The van der Waals surface area contributed by atoms with Crippen LogP contribution in [0.15, 0.2) is 83.9 Å². The molecule has 180 valence electrons. The number of hydrogen-bond acceptors (Lipinski definition) is 5. The number of benzene rings is 3. The van der Waals surface area contributed by atoms with E-state index in [0.717, 1.165) is 28.0 Å². The van der Waals surface area contributed by atoms with Crippen molar-refractivity contribution in [2.75, 3.05) is 13.2 Å². The van der Waals surface area contributed by atoms with Crippen LogP contribution in [0, 0.1) is 0 Å². The highest BCUT2D eigenvalue weighted by atomic mass is 16.5. The number of aliphatic hydroxyl groups is 1. The predicted octanol–water partition coefficient (Wildman–Crippen LogP) is 4.14. The van der Waals surface area contributed by atoms with Gasteiger partial charge < -0.3 is 19.5 Å². The van der Waals surface area contributed by atoms with Gasteiger partial charge in [-0.15, -0.1) is 0 Å². The van der Waals surface area contributed by atoms with E-state index < -0.39 is 11.6 Å². The van der Waals surface area contributed by atoms with Crippen molar-refractivity contribution in [3.8, 4) is 5.75 Å². The van der Waals surface area contributed by atoms with Gasteiger partial charge in [0.1, 0.15) is 11.9 Å². The van der Waals surface area contributed by atoms with E-state index in [1.54, 1.807) is 0 Å². The molecule has 0 aromatic heterocycles. The minimum absolute atomic E-state index is 0.0102. The summed E-state index contributed by atoms with van der Waals surface area (Å²) in [5.74, 6) is 1.19. The summed E-state index contributed by atoms with van der Waals surface area (Å²) < 4.78 is 11.9. The van der Waals surface area contributed by atoms with Gasteiger partial charge in [-0.25, -0.2) is 4.99 Å². The van der Waals surface area contributed by atoms with Crippen LogP contribution in [0.1, 0.15) is 35.6 Å². The van der Waals surface area contributed by atoms with Gasteiger partial charge in [-0.2, -0.15) is 0 Å². The monoisotopic (exact) mass is 470 g/mol. The average molecular weight is 471 g/mol. The molecule has 5 rings (SSSR count). The Kier molecular flexibility index (Phi) is 6.55. The van der Waals surface area contributed by atoms with Crippen molar-refractivity contribution in [2.45, 2.75) is 44.5 Å². The lowest BCUT2D eigenvalue weighted by atomic mass is 9.85. The van der Waals surface area contributed by atoms with Gasteiger partial charge in [-0.1, -0.05) is 54.6 Å². The molecule has 2 aliphatic heterocycles. The van der Waals surface area contributed by atoms with Crippen molar-refractivity contribution >= 4 is 11.8 Å². The molecule has 2 aliphatic rings. The van der Waals surface area contributed by atoms with E-state index in [2.05, 4.69) is 12.1 Å². The second kappa shape index (κ2) is 9.92. The number of aliphatic hydroxyl groups excluding tert-OH is 1. The second-order valence-corrected chi connectivity index (χ2v) is 9.14. The smallest absolute Gasteiger partial charge is 0.255 e. The number of carbonyl (C=O) groups excluding carboxylic acids is 1.